The molecule has 1 aromatic heterocycles. The van der Waals surface area contributed by atoms with Gasteiger partial charge in [0.15, 0.2) is 0 Å². The number of aromatic nitrogens is 2. The predicted molar refractivity (Wildman–Crippen MR) is 84.5 cm³/mol. The molecule has 0 radical (unpaired) electrons. The Labute approximate surface area is 131 Å². The van der Waals surface area contributed by atoms with E-state index in [-0.39, 0.29) is 16.9 Å². The van der Waals surface area contributed by atoms with E-state index < -0.39 is 5.91 Å². The van der Waals surface area contributed by atoms with Crippen molar-refractivity contribution < 1.29 is 9.90 Å². The number of nitrogens with one attached hydrogen (secondary N) is 1. The standard InChI is InChI=1S/C15H16BrN3O2/c1-15(2,3)13-8-17-11(7-18-13)14(21)19-10-6-9(16)4-5-12(10)20/h4-8,20H,1-3H3,(H,19,21). The van der Waals surface area contributed by atoms with Gasteiger partial charge in [0.1, 0.15) is 11.4 Å². The predicted octanol–water partition coefficient (Wildman–Crippen LogP) is 3.49. The number of hydrogen-bond donors (Lipinski definition) is 2. The molecule has 6 heteroatoms. The van der Waals surface area contributed by atoms with Crippen molar-refractivity contribution in [2.75, 3.05) is 5.32 Å². The highest BCUT2D eigenvalue weighted by Gasteiger charge is 2.17. The Morgan fingerprint density at radius 2 is 1.95 bits per heavy atom. The molecule has 2 aromatic rings. The van der Waals surface area contributed by atoms with Crippen LogP contribution in [0.4, 0.5) is 5.69 Å². The summed E-state index contributed by atoms with van der Waals surface area (Å²) in [7, 11) is 0. The van der Waals surface area contributed by atoms with Crippen LogP contribution in [0.5, 0.6) is 5.75 Å². The molecule has 0 fully saturated rings. The van der Waals surface area contributed by atoms with Crippen LogP contribution in [0.2, 0.25) is 0 Å². The van der Waals surface area contributed by atoms with Gasteiger partial charge in [-0.05, 0) is 18.2 Å². The number of carbonyl (C=O) groups excluding carboxylic acids is 1. The van der Waals surface area contributed by atoms with Crippen LogP contribution in [-0.4, -0.2) is 21.0 Å². The summed E-state index contributed by atoms with van der Waals surface area (Å²) in [5.41, 5.74) is 1.20. The molecule has 0 aliphatic heterocycles. The topological polar surface area (TPSA) is 75.1 Å². The number of amides is 1. The van der Waals surface area contributed by atoms with Gasteiger partial charge < -0.3 is 10.4 Å². The van der Waals surface area contributed by atoms with E-state index >= 15 is 0 Å². The molecular formula is C15H16BrN3O2. The van der Waals surface area contributed by atoms with Crippen molar-refractivity contribution in [3.8, 4) is 5.75 Å². The van der Waals surface area contributed by atoms with Crippen LogP contribution in [0.3, 0.4) is 0 Å². The molecule has 21 heavy (non-hydrogen) atoms. The third kappa shape index (κ3) is 3.78. The molecule has 0 aliphatic rings. The molecule has 2 N–H and O–H groups in total. The summed E-state index contributed by atoms with van der Waals surface area (Å²) in [5, 5.41) is 12.3. The highest BCUT2D eigenvalue weighted by molar-refractivity contribution is 9.10. The first-order valence-corrected chi connectivity index (χ1v) is 7.19. The maximum atomic E-state index is 12.1. The molecule has 0 bridgehead atoms. The summed E-state index contributed by atoms with van der Waals surface area (Å²) in [6.45, 7) is 6.07. The number of rotatable bonds is 2. The smallest absolute Gasteiger partial charge is 0.275 e. The first-order valence-electron chi connectivity index (χ1n) is 6.40. The zero-order valence-corrected chi connectivity index (χ0v) is 13.6. The molecule has 0 atom stereocenters. The maximum Gasteiger partial charge on any atom is 0.275 e. The van der Waals surface area contributed by atoms with Gasteiger partial charge in [0.2, 0.25) is 0 Å². The minimum Gasteiger partial charge on any atom is -0.506 e. The molecule has 0 saturated heterocycles. The van der Waals surface area contributed by atoms with Gasteiger partial charge in [-0.1, -0.05) is 36.7 Å². The summed E-state index contributed by atoms with van der Waals surface area (Å²) in [6.07, 6.45) is 3.03. The highest BCUT2D eigenvalue weighted by Crippen LogP contribution is 2.27. The summed E-state index contributed by atoms with van der Waals surface area (Å²) < 4.78 is 0.754. The van der Waals surface area contributed by atoms with Crippen molar-refractivity contribution in [1.29, 1.82) is 0 Å². The van der Waals surface area contributed by atoms with Crippen LogP contribution in [0, 0.1) is 0 Å². The number of aromatic hydroxyl groups is 1. The van der Waals surface area contributed by atoms with Crippen LogP contribution < -0.4 is 5.32 Å². The molecule has 0 spiro atoms. The molecule has 2 rings (SSSR count). The third-order valence-corrected chi connectivity index (χ3v) is 3.35. The van der Waals surface area contributed by atoms with E-state index in [1.807, 2.05) is 20.8 Å². The van der Waals surface area contributed by atoms with Gasteiger partial charge in [-0.3, -0.25) is 9.78 Å². The second kappa shape index (κ2) is 5.81. The number of hydrogen-bond acceptors (Lipinski definition) is 4. The molecule has 0 aliphatic carbocycles. The Bertz CT molecular complexity index is 664. The van der Waals surface area contributed by atoms with Crippen LogP contribution in [-0.2, 0) is 5.41 Å². The first-order chi connectivity index (χ1) is 9.77. The minimum atomic E-state index is -0.420. The van der Waals surface area contributed by atoms with Gasteiger partial charge in [-0.2, -0.15) is 0 Å². The number of benzene rings is 1. The van der Waals surface area contributed by atoms with Crippen molar-refractivity contribution in [2.24, 2.45) is 0 Å². The number of phenolic OH excluding ortho intramolecular Hbond substituents is 1. The van der Waals surface area contributed by atoms with E-state index in [9.17, 15) is 9.90 Å². The fourth-order valence-electron chi connectivity index (χ4n) is 1.63. The van der Waals surface area contributed by atoms with Gasteiger partial charge in [-0.15, -0.1) is 0 Å². The monoisotopic (exact) mass is 349 g/mol. The van der Waals surface area contributed by atoms with Crippen molar-refractivity contribution in [1.82, 2.24) is 9.97 Å². The SMILES string of the molecule is CC(C)(C)c1cnc(C(=O)Nc2cc(Br)ccc2O)cn1. The highest BCUT2D eigenvalue weighted by atomic mass is 79.9. The second-order valence-electron chi connectivity index (χ2n) is 5.65. The number of halogens is 1. The Kier molecular flexibility index (Phi) is 4.27. The first kappa shape index (κ1) is 15.4. The lowest BCUT2D eigenvalue weighted by Gasteiger charge is -2.16. The second-order valence-corrected chi connectivity index (χ2v) is 6.57. The molecule has 5 nitrogen and oxygen atoms in total. The Morgan fingerprint density at radius 1 is 1.24 bits per heavy atom. The van der Waals surface area contributed by atoms with E-state index in [2.05, 4.69) is 31.2 Å². The zero-order valence-electron chi connectivity index (χ0n) is 12.0. The fourth-order valence-corrected chi connectivity index (χ4v) is 1.99. The van der Waals surface area contributed by atoms with Crippen molar-refractivity contribution in [3.63, 3.8) is 0 Å². The molecular weight excluding hydrogens is 334 g/mol. The normalized spacial score (nSPS) is 11.2. The van der Waals surface area contributed by atoms with Crippen LogP contribution >= 0.6 is 15.9 Å². The summed E-state index contributed by atoms with van der Waals surface area (Å²) in [6, 6.07) is 4.79. The summed E-state index contributed by atoms with van der Waals surface area (Å²) in [4.78, 5) is 20.5. The zero-order chi connectivity index (χ0) is 15.6. The average Bonchev–Trinajstić information content (AvgIpc) is 2.42. The number of anilines is 1. The summed E-state index contributed by atoms with van der Waals surface area (Å²) >= 11 is 3.28. The van der Waals surface area contributed by atoms with Gasteiger partial charge in [0, 0.05) is 16.1 Å². The molecule has 0 saturated carbocycles. The Balaban J connectivity index is 2.19. The lowest BCUT2D eigenvalue weighted by molar-refractivity contribution is 0.102. The Morgan fingerprint density at radius 3 is 2.52 bits per heavy atom. The number of carbonyl (C=O) groups is 1. The van der Waals surface area contributed by atoms with Crippen molar-refractivity contribution in [3.05, 3.63) is 46.5 Å². The molecule has 1 amide bonds. The van der Waals surface area contributed by atoms with Gasteiger partial charge in [-0.25, -0.2) is 4.98 Å². The van der Waals surface area contributed by atoms with Gasteiger partial charge in [0.25, 0.3) is 5.91 Å². The van der Waals surface area contributed by atoms with Crippen LogP contribution in [0.25, 0.3) is 0 Å². The largest absolute Gasteiger partial charge is 0.506 e. The summed E-state index contributed by atoms with van der Waals surface area (Å²) in [5.74, 6) is -0.429. The van der Waals surface area contributed by atoms with Gasteiger partial charge >= 0.3 is 0 Å². The number of nitrogens with zero attached hydrogens (tertiary/aromatic N) is 2. The minimum absolute atomic E-state index is 0.00850. The van der Waals surface area contributed by atoms with Crippen molar-refractivity contribution in [2.45, 2.75) is 26.2 Å². The van der Waals surface area contributed by atoms with E-state index in [0.717, 1.165) is 10.2 Å². The van der Waals surface area contributed by atoms with Gasteiger partial charge in [0.05, 0.1) is 17.6 Å². The molecule has 1 heterocycles. The van der Waals surface area contributed by atoms with E-state index in [1.165, 1.54) is 12.3 Å². The fraction of sp³-hybridized carbons (Fsp3) is 0.267. The quantitative estimate of drug-likeness (QED) is 0.813. The molecule has 0 unspecified atom stereocenters. The molecule has 1 aromatic carbocycles. The van der Waals surface area contributed by atoms with E-state index in [1.54, 1.807) is 18.3 Å². The van der Waals surface area contributed by atoms with E-state index in [4.69, 9.17) is 0 Å². The lowest BCUT2D eigenvalue weighted by Crippen LogP contribution is -2.18. The van der Waals surface area contributed by atoms with Crippen LogP contribution in [0.1, 0.15) is 37.0 Å². The molecule has 110 valence electrons. The third-order valence-electron chi connectivity index (χ3n) is 2.86. The Hall–Kier alpha value is -1.95. The number of phenols is 1. The van der Waals surface area contributed by atoms with Crippen molar-refractivity contribution >= 4 is 27.5 Å². The van der Waals surface area contributed by atoms with E-state index in [0.29, 0.717) is 5.69 Å². The maximum absolute atomic E-state index is 12.1. The van der Waals surface area contributed by atoms with Crippen LogP contribution in [0.15, 0.2) is 35.1 Å². The lowest BCUT2D eigenvalue weighted by atomic mass is 9.93. The average molecular weight is 350 g/mol.